The predicted molar refractivity (Wildman–Crippen MR) is 46.8 cm³/mol. The van der Waals surface area contributed by atoms with Crippen LogP contribution in [0.5, 0.6) is 0 Å². The van der Waals surface area contributed by atoms with Gasteiger partial charge in [-0.3, -0.25) is 10.1 Å². The van der Waals surface area contributed by atoms with Crippen molar-refractivity contribution in [2.24, 2.45) is 15.6 Å². The fourth-order valence-electron chi connectivity index (χ4n) is 0.789. The van der Waals surface area contributed by atoms with Gasteiger partial charge < -0.3 is 0 Å². The zero-order chi connectivity index (χ0) is 10.4. The van der Waals surface area contributed by atoms with Crippen LogP contribution in [0.4, 0.5) is 11.4 Å². The van der Waals surface area contributed by atoms with E-state index in [2.05, 4.69) is 20.5 Å². The van der Waals surface area contributed by atoms with Crippen molar-refractivity contribution in [3.05, 3.63) is 44.8 Å². The molecule has 0 bridgehead atoms. The van der Waals surface area contributed by atoms with Gasteiger partial charge in [-0.15, -0.1) is 5.53 Å². The highest BCUT2D eigenvalue weighted by molar-refractivity contribution is 5.56. The van der Waals surface area contributed by atoms with E-state index in [1.165, 1.54) is 18.2 Å². The molecule has 0 fully saturated rings. The van der Waals surface area contributed by atoms with E-state index < -0.39 is 4.92 Å². The lowest BCUT2D eigenvalue weighted by atomic mass is 10.3. The van der Waals surface area contributed by atoms with Gasteiger partial charge in [0.2, 0.25) is 0 Å². The highest BCUT2D eigenvalue weighted by Gasteiger charge is 2.12. The zero-order valence-electron chi connectivity index (χ0n) is 6.81. The molecule has 0 heterocycles. The second-order valence-electron chi connectivity index (χ2n) is 2.11. The van der Waals surface area contributed by atoms with E-state index in [4.69, 9.17) is 5.53 Å². The number of hydrogen-bond donors (Lipinski definition) is 0. The van der Waals surface area contributed by atoms with Crippen molar-refractivity contribution < 1.29 is 4.92 Å². The number of benzene rings is 1. The van der Waals surface area contributed by atoms with E-state index in [-0.39, 0.29) is 11.4 Å². The normalized spacial score (nSPS) is 9.71. The maximum atomic E-state index is 10.5. The molecule has 8 nitrogen and oxygen atoms in total. The minimum Gasteiger partial charge on any atom is -0.258 e. The summed E-state index contributed by atoms with van der Waals surface area (Å²) < 4.78 is 0. The lowest BCUT2D eigenvalue weighted by Gasteiger charge is -1.91. The smallest absolute Gasteiger partial charge is 0.258 e. The van der Waals surface area contributed by atoms with Gasteiger partial charge in [0.25, 0.3) is 5.69 Å². The van der Waals surface area contributed by atoms with Crippen molar-refractivity contribution >= 4 is 11.4 Å². The molecule has 0 aromatic heterocycles. The van der Waals surface area contributed by atoms with Crippen molar-refractivity contribution in [2.75, 3.05) is 0 Å². The van der Waals surface area contributed by atoms with Crippen LogP contribution in [0, 0.1) is 10.1 Å². The monoisotopic (exact) mass is 192 g/mol. The summed E-state index contributed by atoms with van der Waals surface area (Å²) in [7, 11) is 0. The first-order valence-electron chi connectivity index (χ1n) is 3.44. The molecule has 0 saturated carbocycles. The maximum absolute atomic E-state index is 10.5. The molecular formula is C6H4N6O2. The van der Waals surface area contributed by atoms with Crippen LogP contribution in [0.3, 0.4) is 0 Å². The van der Waals surface area contributed by atoms with Crippen LogP contribution in [0.15, 0.2) is 39.8 Å². The molecule has 0 amide bonds. The third kappa shape index (κ3) is 2.26. The van der Waals surface area contributed by atoms with Crippen molar-refractivity contribution in [3.63, 3.8) is 0 Å². The van der Waals surface area contributed by atoms with E-state index in [9.17, 15) is 10.1 Å². The van der Waals surface area contributed by atoms with E-state index in [1.807, 2.05) is 0 Å². The minimum absolute atomic E-state index is 0.0462. The number of rotatable bonds is 3. The van der Waals surface area contributed by atoms with Gasteiger partial charge in [-0.1, -0.05) is 12.1 Å². The van der Waals surface area contributed by atoms with E-state index >= 15 is 0 Å². The summed E-state index contributed by atoms with van der Waals surface area (Å²) in [6.07, 6.45) is 0. The molecule has 8 heteroatoms. The Labute approximate surface area is 77.6 Å². The summed E-state index contributed by atoms with van der Waals surface area (Å²) >= 11 is 0. The van der Waals surface area contributed by atoms with E-state index in [0.29, 0.717) is 0 Å². The van der Waals surface area contributed by atoms with Crippen molar-refractivity contribution in [1.82, 2.24) is 0 Å². The third-order valence-electron chi connectivity index (χ3n) is 1.31. The Kier molecular flexibility index (Phi) is 3.11. The van der Waals surface area contributed by atoms with E-state index in [1.54, 1.807) is 6.07 Å². The molecule has 0 N–H and O–H groups in total. The Morgan fingerprint density at radius 3 is 2.79 bits per heavy atom. The molecule has 0 atom stereocenters. The van der Waals surface area contributed by atoms with Crippen molar-refractivity contribution in [1.29, 1.82) is 0 Å². The van der Waals surface area contributed by atoms with Gasteiger partial charge in [0.1, 0.15) is 5.22 Å². The van der Waals surface area contributed by atoms with Crippen LogP contribution < -0.4 is 0 Å². The third-order valence-corrected chi connectivity index (χ3v) is 1.31. The standard InChI is InChI=1S/C6H4N6O2/c7-9-11-10-8-5-3-1-2-4-6(5)12(13)14/h1-4H/b10-8+. The van der Waals surface area contributed by atoms with Crippen LogP contribution in [0.1, 0.15) is 0 Å². The first-order chi connectivity index (χ1) is 6.75. The molecule has 0 unspecified atom stereocenters. The lowest BCUT2D eigenvalue weighted by molar-refractivity contribution is -0.384. The number of nitrogens with zero attached hydrogens (tertiary/aromatic N) is 6. The van der Waals surface area contributed by atoms with Crippen molar-refractivity contribution in [2.45, 2.75) is 0 Å². The number of para-hydroxylation sites is 1. The molecule has 14 heavy (non-hydrogen) atoms. The highest BCUT2D eigenvalue weighted by Crippen LogP contribution is 2.26. The molecule has 70 valence electrons. The predicted octanol–water partition coefficient (Wildman–Crippen LogP) is 2.90. The Balaban J connectivity index is 3.07. The first kappa shape index (κ1) is 9.62. The molecule has 0 aliphatic carbocycles. The summed E-state index contributed by atoms with van der Waals surface area (Å²) in [5.41, 5.74) is 7.75. The number of nitro benzene ring substituents is 1. The van der Waals surface area contributed by atoms with Crippen LogP contribution in [0.25, 0.3) is 10.4 Å². The fourth-order valence-corrected chi connectivity index (χ4v) is 0.789. The topological polar surface area (TPSA) is 117 Å². The SMILES string of the molecule is [N-]=[N+]=N/N=N/c1ccccc1[N+](=O)[O-]. The molecule has 1 rings (SSSR count). The minimum atomic E-state index is -0.593. The quantitative estimate of drug-likeness (QED) is 0.240. The molecular weight excluding hydrogens is 188 g/mol. The summed E-state index contributed by atoms with van der Waals surface area (Å²) in [5, 5.41) is 19.7. The summed E-state index contributed by atoms with van der Waals surface area (Å²) in [6.45, 7) is 0. The second-order valence-corrected chi connectivity index (χ2v) is 2.11. The van der Waals surface area contributed by atoms with Gasteiger partial charge in [-0.25, -0.2) is 0 Å². The van der Waals surface area contributed by atoms with Crippen LogP contribution in [-0.4, -0.2) is 4.92 Å². The Bertz CT molecular complexity index is 422. The molecule has 0 saturated heterocycles. The zero-order valence-corrected chi connectivity index (χ0v) is 6.81. The van der Waals surface area contributed by atoms with Gasteiger partial charge in [-0.2, -0.15) is 4.91 Å². The summed E-state index contributed by atoms with van der Waals surface area (Å²) in [5.74, 6) is 0. The average Bonchev–Trinajstić information content (AvgIpc) is 2.19. The van der Waals surface area contributed by atoms with Gasteiger partial charge in [0.05, 0.1) is 10.1 Å². The van der Waals surface area contributed by atoms with E-state index in [0.717, 1.165) is 0 Å². The van der Waals surface area contributed by atoms with Gasteiger partial charge in [0.15, 0.2) is 5.69 Å². The molecule has 0 radical (unpaired) electrons. The summed E-state index contributed by atoms with van der Waals surface area (Å²) in [6, 6.07) is 5.75. The lowest BCUT2D eigenvalue weighted by Crippen LogP contribution is -1.86. The van der Waals surface area contributed by atoms with Crippen molar-refractivity contribution in [3.8, 4) is 0 Å². The number of hydrogen-bond acceptors (Lipinski definition) is 3. The Morgan fingerprint density at radius 2 is 2.14 bits per heavy atom. The van der Waals surface area contributed by atoms with Gasteiger partial charge in [-0.05, 0) is 11.2 Å². The van der Waals surface area contributed by atoms with Crippen LogP contribution >= 0.6 is 0 Å². The molecule has 0 spiro atoms. The fraction of sp³-hybridized carbons (Fsp3) is 0. The molecule has 0 aliphatic rings. The molecule has 1 aromatic rings. The largest absolute Gasteiger partial charge is 0.298 e. The maximum Gasteiger partial charge on any atom is 0.298 e. The molecule has 0 aliphatic heterocycles. The number of nitro groups is 1. The summed E-state index contributed by atoms with van der Waals surface area (Å²) in [4.78, 5) is 12.2. The van der Waals surface area contributed by atoms with Gasteiger partial charge >= 0.3 is 0 Å². The first-order valence-corrected chi connectivity index (χ1v) is 3.44. The average molecular weight is 192 g/mol. The Morgan fingerprint density at radius 1 is 1.43 bits per heavy atom. The molecule has 1 aromatic carbocycles. The van der Waals surface area contributed by atoms with Crippen LogP contribution in [-0.2, 0) is 0 Å². The number of azide groups is 1. The van der Waals surface area contributed by atoms with Gasteiger partial charge in [0, 0.05) is 6.07 Å². The Hall–Kier alpha value is -2.47. The highest BCUT2D eigenvalue weighted by atomic mass is 16.6. The van der Waals surface area contributed by atoms with Crippen LogP contribution in [0.2, 0.25) is 0 Å². The second kappa shape index (κ2) is 4.53.